The first kappa shape index (κ1) is 22.4. The minimum atomic E-state index is -0.983. The molecule has 1 aliphatic carbocycles. The third-order valence-electron chi connectivity index (χ3n) is 4.58. The van der Waals surface area contributed by atoms with Crippen molar-refractivity contribution in [2.45, 2.75) is 57.4 Å². The summed E-state index contributed by atoms with van der Waals surface area (Å²) in [5.41, 5.74) is 0.472. The van der Waals surface area contributed by atoms with Crippen LogP contribution in [0.25, 0.3) is 0 Å². The van der Waals surface area contributed by atoms with Crippen LogP contribution >= 0.6 is 24.0 Å². The Morgan fingerprint density at radius 3 is 2.48 bits per heavy atom. The van der Waals surface area contributed by atoms with Crippen molar-refractivity contribution in [1.82, 2.24) is 10.6 Å². The van der Waals surface area contributed by atoms with Crippen LogP contribution in [0.2, 0.25) is 0 Å². The molecule has 0 radical (unpaired) electrons. The van der Waals surface area contributed by atoms with Gasteiger partial charge < -0.3 is 10.6 Å². The summed E-state index contributed by atoms with van der Waals surface area (Å²) in [6.45, 7) is 8.17. The van der Waals surface area contributed by atoms with Gasteiger partial charge in [-0.05, 0) is 50.2 Å². The lowest BCUT2D eigenvalue weighted by molar-refractivity contribution is 0.216. The number of guanidine groups is 1. The van der Waals surface area contributed by atoms with Crippen LogP contribution in [0, 0.1) is 5.41 Å². The Labute approximate surface area is 172 Å². The maximum atomic E-state index is 12.2. The predicted molar refractivity (Wildman–Crippen MR) is 118 cm³/mol. The Kier molecular flexibility index (Phi) is 10.0. The Balaban J connectivity index is 0.00000312. The molecule has 1 saturated carbocycles. The molecule has 0 aliphatic heterocycles. The Morgan fingerprint density at radius 2 is 1.88 bits per heavy atom. The van der Waals surface area contributed by atoms with Crippen LogP contribution in [0.1, 0.15) is 46.5 Å². The zero-order valence-corrected chi connectivity index (χ0v) is 18.7. The second-order valence-electron chi connectivity index (χ2n) is 7.21. The van der Waals surface area contributed by atoms with E-state index in [2.05, 4.69) is 36.4 Å². The minimum absolute atomic E-state index is 0. The first-order valence-electron chi connectivity index (χ1n) is 8.98. The largest absolute Gasteiger partial charge is 0.357 e. The molecule has 0 heterocycles. The standard InChI is InChI=1S/C19H31N3OS.HI/c1-4-20-18(22-16-10-12-19(2,3)13-11-16)21-14-15-24(23)17-8-6-5-7-9-17;/h5-9,16H,4,10-15H2,1-3H3,(H2,20,21,22);1H. The molecule has 1 fully saturated rings. The second kappa shape index (κ2) is 11.2. The van der Waals surface area contributed by atoms with E-state index in [9.17, 15) is 4.21 Å². The van der Waals surface area contributed by atoms with E-state index in [4.69, 9.17) is 0 Å². The lowest BCUT2D eigenvalue weighted by Crippen LogP contribution is -2.45. The predicted octanol–water partition coefficient (Wildman–Crippen LogP) is 3.94. The third kappa shape index (κ3) is 8.07. The van der Waals surface area contributed by atoms with Crippen LogP contribution in [-0.4, -0.2) is 35.1 Å². The molecule has 25 heavy (non-hydrogen) atoms. The smallest absolute Gasteiger partial charge is 0.191 e. The molecule has 1 aliphatic rings. The Bertz CT molecular complexity index is 553. The normalized spacial score (nSPS) is 18.9. The molecular formula is C19H32IN3OS. The fourth-order valence-corrected chi connectivity index (χ4v) is 3.94. The summed E-state index contributed by atoms with van der Waals surface area (Å²) in [6, 6.07) is 10.1. The van der Waals surface area contributed by atoms with Gasteiger partial charge in [-0.15, -0.1) is 24.0 Å². The van der Waals surface area contributed by atoms with Gasteiger partial charge in [0.1, 0.15) is 0 Å². The van der Waals surface area contributed by atoms with Gasteiger partial charge in [0.25, 0.3) is 0 Å². The summed E-state index contributed by atoms with van der Waals surface area (Å²) < 4.78 is 12.2. The molecule has 0 saturated heterocycles. The molecule has 0 spiro atoms. The molecule has 6 heteroatoms. The Hall–Kier alpha value is -0.630. The number of halogens is 1. The highest BCUT2D eigenvalue weighted by molar-refractivity contribution is 14.0. The van der Waals surface area contributed by atoms with Gasteiger partial charge >= 0.3 is 0 Å². The fourth-order valence-electron chi connectivity index (χ4n) is 2.99. The van der Waals surface area contributed by atoms with E-state index >= 15 is 0 Å². The minimum Gasteiger partial charge on any atom is -0.357 e. The number of nitrogens with one attached hydrogen (secondary N) is 2. The van der Waals surface area contributed by atoms with Gasteiger partial charge in [-0.2, -0.15) is 0 Å². The zero-order valence-electron chi connectivity index (χ0n) is 15.6. The number of aliphatic imine (C=N–C) groups is 1. The summed E-state index contributed by atoms with van der Waals surface area (Å²) in [5, 5.41) is 6.85. The van der Waals surface area contributed by atoms with Gasteiger partial charge in [0.15, 0.2) is 5.96 Å². The highest BCUT2D eigenvalue weighted by Crippen LogP contribution is 2.34. The monoisotopic (exact) mass is 477 g/mol. The fraction of sp³-hybridized carbons (Fsp3) is 0.632. The van der Waals surface area contributed by atoms with E-state index < -0.39 is 10.8 Å². The quantitative estimate of drug-likeness (QED) is 0.371. The zero-order chi connectivity index (χ0) is 17.4. The van der Waals surface area contributed by atoms with Gasteiger partial charge in [0, 0.05) is 23.2 Å². The molecule has 1 unspecified atom stereocenters. The number of hydrogen-bond acceptors (Lipinski definition) is 2. The van der Waals surface area contributed by atoms with E-state index in [1.54, 1.807) is 0 Å². The molecule has 1 aromatic carbocycles. The van der Waals surface area contributed by atoms with Crippen molar-refractivity contribution in [3.05, 3.63) is 30.3 Å². The molecule has 0 aromatic heterocycles. The molecule has 1 aromatic rings. The maximum Gasteiger partial charge on any atom is 0.191 e. The average molecular weight is 477 g/mol. The van der Waals surface area contributed by atoms with Gasteiger partial charge in [-0.3, -0.25) is 9.20 Å². The summed E-state index contributed by atoms with van der Waals surface area (Å²) in [6.07, 6.45) is 4.88. The van der Waals surface area contributed by atoms with E-state index in [0.29, 0.717) is 23.8 Å². The van der Waals surface area contributed by atoms with Crippen molar-refractivity contribution >= 4 is 40.7 Å². The SMILES string of the molecule is CCNC(=NCCS(=O)c1ccccc1)NC1CCC(C)(C)CC1.I. The van der Waals surface area contributed by atoms with E-state index in [1.807, 2.05) is 30.3 Å². The van der Waals surface area contributed by atoms with E-state index in [-0.39, 0.29) is 24.0 Å². The summed E-state index contributed by atoms with van der Waals surface area (Å²) in [7, 11) is -0.983. The lowest BCUT2D eigenvalue weighted by atomic mass is 9.75. The number of benzene rings is 1. The van der Waals surface area contributed by atoms with Gasteiger partial charge in [-0.25, -0.2) is 0 Å². The lowest BCUT2D eigenvalue weighted by Gasteiger charge is -2.35. The number of hydrogen-bond donors (Lipinski definition) is 2. The van der Waals surface area contributed by atoms with Gasteiger partial charge in [0.2, 0.25) is 0 Å². The maximum absolute atomic E-state index is 12.2. The highest BCUT2D eigenvalue weighted by atomic mass is 127. The Morgan fingerprint density at radius 1 is 1.24 bits per heavy atom. The summed E-state index contributed by atoms with van der Waals surface area (Å²) in [5.74, 6) is 1.41. The molecule has 0 amide bonds. The van der Waals surface area contributed by atoms with Crippen LogP contribution in [0.3, 0.4) is 0 Å². The molecule has 4 nitrogen and oxygen atoms in total. The van der Waals surface area contributed by atoms with Crippen molar-refractivity contribution in [2.75, 3.05) is 18.8 Å². The molecule has 2 rings (SSSR count). The summed E-state index contributed by atoms with van der Waals surface area (Å²) >= 11 is 0. The van der Waals surface area contributed by atoms with Crippen LogP contribution in [-0.2, 0) is 10.8 Å². The third-order valence-corrected chi connectivity index (χ3v) is 5.93. The first-order valence-corrected chi connectivity index (χ1v) is 10.3. The van der Waals surface area contributed by atoms with Crippen LogP contribution in [0.15, 0.2) is 40.2 Å². The van der Waals surface area contributed by atoms with Gasteiger partial charge in [-0.1, -0.05) is 32.0 Å². The second-order valence-corrected chi connectivity index (χ2v) is 8.78. The molecule has 0 bridgehead atoms. The molecular weight excluding hydrogens is 445 g/mol. The van der Waals surface area contributed by atoms with Crippen molar-refractivity contribution in [2.24, 2.45) is 10.4 Å². The highest BCUT2D eigenvalue weighted by Gasteiger charge is 2.27. The van der Waals surface area contributed by atoms with Crippen molar-refractivity contribution < 1.29 is 4.21 Å². The van der Waals surface area contributed by atoms with Crippen LogP contribution < -0.4 is 10.6 Å². The van der Waals surface area contributed by atoms with Crippen molar-refractivity contribution in [1.29, 1.82) is 0 Å². The van der Waals surface area contributed by atoms with E-state index in [1.165, 1.54) is 25.7 Å². The van der Waals surface area contributed by atoms with Crippen molar-refractivity contribution in [3.8, 4) is 0 Å². The van der Waals surface area contributed by atoms with Crippen molar-refractivity contribution in [3.63, 3.8) is 0 Å². The van der Waals surface area contributed by atoms with E-state index in [0.717, 1.165) is 17.4 Å². The van der Waals surface area contributed by atoms with Crippen LogP contribution in [0.4, 0.5) is 0 Å². The molecule has 2 N–H and O–H groups in total. The first-order chi connectivity index (χ1) is 11.5. The molecule has 1 atom stereocenters. The topological polar surface area (TPSA) is 53.5 Å². The number of nitrogens with zero attached hydrogens (tertiary/aromatic N) is 1. The molecule has 142 valence electrons. The van der Waals surface area contributed by atoms with Crippen LogP contribution in [0.5, 0.6) is 0 Å². The number of rotatable bonds is 6. The van der Waals surface area contributed by atoms with Gasteiger partial charge in [0.05, 0.1) is 17.3 Å². The summed E-state index contributed by atoms with van der Waals surface area (Å²) in [4.78, 5) is 5.49. The average Bonchev–Trinajstić information content (AvgIpc) is 2.57.